The van der Waals surface area contributed by atoms with Crippen LogP contribution in [0.1, 0.15) is 5.69 Å². The van der Waals surface area contributed by atoms with Gasteiger partial charge in [0.05, 0.1) is 29.2 Å². The molecule has 2 heterocycles. The molecule has 0 saturated carbocycles. The molecule has 0 spiro atoms. The first-order valence-electron chi connectivity index (χ1n) is 10.3. The zero-order valence-electron chi connectivity index (χ0n) is 17.5. The van der Waals surface area contributed by atoms with E-state index in [1.807, 2.05) is 65.4 Å². The number of fused-ring (bicyclic) bond motifs is 3. The van der Waals surface area contributed by atoms with E-state index in [1.54, 1.807) is 6.07 Å². The van der Waals surface area contributed by atoms with Crippen LogP contribution in [-0.4, -0.2) is 28.3 Å². The van der Waals surface area contributed by atoms with Crippen molar-refractivity contribution in [3.63, 3.8) is 0 Å². The molecule has 0 amide bonds. The molecule has 1 aromatic heterocycles. The molecule has 33 heavy (non-hydrogen) atoms. The molecule has 0 bridgehead atoms. The molecule has 8 heteroatoms. The minimum atomic E-state index is 0.377. The number of aliphatic imine (C=N–C) groups is 2. The number of rotatable bonds is 3. The molecule has 0 atom stereocenters. The minimum Gasteiger partial charge on any atom is -0.491 e. The Hall–Kier alpha value is -3.61. The maximum Gasteiger partial charge on any atom is 0.181 e. The molecule has 0 aliphatic carbocycles. The van der Waals surface area contributed by atoms with Gasteiger partial charge in [0.1, 0.15) is 23.9 Å². The number of nitrogens with zero attached hydrogens (tertiary/aromatic N) is 4. The van der Waals surface area contributed by atoms with Crippen molar-refractivity contribution in [1.82, 2.24) is 9.55 Å². The summed E-state index contributed by atoms with van der Waals surface area (Å²) in [6, 6.07) is 21.1. The highest BCUT2D eigenvalue weighted by molar-refractivity contribution is 6.33. The highest BCUT2D eigenvalue weighted by atomic mass is 35.5. The van der Waals surface area contributed by atoms with Gasteiger partial charge in [0.15, 0.2) is 5.84 Å². The Kier molecular flexibility index (Phi) is 5.86. The zero-order valence-corrected chi connectivity index (χ0v) is 19.0. The molecular weight excluding hydrogens is 457 g/mol. The summed E-state index contributed by atoms with van der Waals surface area (Å²) in [6.45, 7) is 1.16. The number of benzene rings is 3. The van der Waals surface area contributed by atoms with Crippen LogP contribution in [-0.2, 0) is 6.54 Å². The molecule has 6 nitrogen and oxygen atoms in total. The molecule has 1 aliphatic heterocycles. The van der Waals surface area contributed by atoms with E-state index in [1.165, 1.54) is 6.34 Å². The first kappa shape index (κ1) is 21.2. The number of amidine groups is 1. The molecule has 0 radical (unpaired) electrons. The number of hydrogen-bond acceptors (Lipinski definition) is 3. The number of ether oxygens (including phenoxy) is 1. The molecule has 4 aromatic rings. The summed E-state index contributed by atoms with van der Waals surface area (Å²) in [5.74, 6) is 1.92. The van der Waals surface area contributed by atoms with E-state index >= 15 is 0 Å². The summed E-state index contributed by atoms with van der Waals surface area (Å²) >= 11 is 12.3. The predicted octanol–water partition coefficient (Wildman–Crippen LogP) is 5.98. The fraction of sp³-hybridized carbons (Fsp3) is 0.0800. The number of imidazole rings is 1. The van der Waals surface area contributed by atoms with Crippen molar-refractivity contribution < 1.29 is 4.74 Å². The molecule has 3 aromatic carbocycles. The Labute approximate surface area is 201 Å². The van der Waals surface area contributed by atoms with Crippen LogP contribution >= 0.6 is 23.2 Å². The first-order chi connectivity index (χ1) is 16.1. The van der Waals surface area contributed by atoms with Gasteiger partial charge in [-0.3, -0.25) is 0 Å². The standard InChI is InChI=1S/C25H19Cl2N5O/c26-18-8-5-16(6-9-18)17-7-10-23-19(13-17)25-31-22(14-32(25)11-12-33-23)24(29-15-28)30-21-4-2-1-3-20(21)27/h1-10,13-15H,11-12H2,(H2,28,29,30). The maximum atomic E-state index is 6.29. The van der Waals surface area contributed by atoms with E-state index < -0.39 is 0 Å². The van der Waals surface area contributed by atoms with Crippen LogP contribution < -0.4 is 10.5 Å². The number of aromatic nitrogens is 2. The molecule has 164 valence electrons. The van der Waals surface area contributed by atoms with E-state index in [4.69, 9.17) is 38.7 Å². The van der Waals surface area contributed by atoms with Gasteiger partial charge in [0.25, 0.3) is 0 Å². The molecule has 0 fully saturated rings. The van der Waals surface area contributed by atoms with Gasteiger partial charge < -0.3 is 15.0 Å². The van der Waals surface area contributed by atoms with E-state index in [-0.39, 0.29) is 0 Å². The number of nitrogens with two attached hydrogens (primary N) is 1. The Bertz CT molecular complexity index is 1380. The predicted molar refractivity (Wildman–Crippen MR) is 134 cm³/mol. The van der Waals surface area contributed by atoms with Crippen molar-refractivity contribution in [2.24, 2.45) is 15.7 Å². The van der Waals surface area contributed by atoms with Crippen LogP contribution in [0.15, 0.2) is 82.9 Å². The lowest BCUT2D eigenvalue weighted by atomic mass is 10.0. The molecule has 5 rings (SSSR count). The summed E-state index contributed by atoms with van der Waals surface area (Å²) in [5, 5.41) is 1.22. The first-order valence-corrected chi connectivity index (χ1v) is 11.1. The Morgan fingerprint density at radius 3 is 2.61 bits per heavy atom. The highest BCUT2D eigenvalue weighted by Crippen LogP contribution is 2.36. The van der Waals surface area contributed by atoms with Crippen LogP contribution in [0.2, 0.25) is 10.0 Å². The third-order valence-corrected chi connectivity index (χ3v) is 5.84. The Morgan fingerprint density at radius 2 is 1.82 bits per heavy atom. The fourth-order valence-electron chi connectivity index (χ4n) is 3.69. The number of halogens is 2. The van der Waals surface area contributed by atoms with Gasteiger partial charge in [-0.2, -0.15) is 0 Å². The number of hydrogen-bond donors (Lipinski definition) is 1. The van der Waals surface area contributed by atoms with Crippen LogP contribution in [0.3, 0.4) is 0 Å². The second kappa shape index (κ2) is 9.10. The van der Waals surface area contributed by atoms with Gasteiger partial charge in [-0.1, -0.05) is 53.5 Å². The maximum absolute atomic E-state index is 6.29. The summed E-state index contributed by atoms with van der Waals surface area (Å²) in [5.41, 5.74) is 9.78. The summed E-state index contributed by atoms with van der Waals surface area (Å²) in [4.78, 5) is 13.7. The van der Waals surface area contributed by atoms with Crippen molar-refractivity contribution in [3.8, 4) is 28.3 Å². The molecule has 0 unspecified atom stereocenters. The Morgan fingerprint density at radius 1 is 1.03 bits per heavy atom. The molecule has 2 N–H and O–H groups in total. The smallest absolute Gasteiger partial charge is 0.181 e. The van der Waals surface area contributed by atoms with Gasteiger partial charge in [-0.25, -0.2) is 15.0 Å². The third kappa shape index (κ3) is 4.35. The van der Waals surface area contributed by atoms with Crippen molar-refractivity contribution in [3.05, 3.63) is 88.7 Å². The van der Waals surface area contributed by atoms with Crippen LogP contribution in [0.5, 0.6) is 5.75 Å². The largest absolute Gasteiger partial charge is 0.491 e. The van der Waals surface area contributed by atoms with Gasteiger partial charge >= 0.3 is 0 Å². The molecule has 0 saturated heterocycles. The zero-order chi connectivity index (χ0) is 22.8. The van der Waals surface area contributed by atoms with E-state index in [2.05, 4.69) is 16.1 Å². The van der Waals surface area contributed by atoms with Crippen LogP contribution in [0.4, 0.5) is 5.69 Å². The average Bonchev–Trinajstić information content (AvgIpc) is 3.17. The van der Waals surface area contributed by atoms with Gasteiger partial charge in [0, 0.05) is 11.2 Å². The average molecular weight is 476 g/mol. The second-order valence-electron chi connectivity index (χ2n) is 7.37. The van der Waals surface area contributed by atoms with E-state index in [9.17, 15) is 0 Å². The van der Waals surface area contributed by atoms with E-state index in [0.29, 0.717) is 40.4 Å². The molecule has 1 aliphatic rings. The number of para-hydroxylation sites is 1. The van der Waals surface area contributed by atoms with Crippen molar-refractivity contribution >= 4 is 41.1 Å². The van der Waals surface area contributed by atoms with Gasteiger partial charge in [-0.05, 0) is 47.5 Å². The highest BCUT2D eigenvalue weighted by Gasteiger charge is 2.21. The van der Waals surface area contributed by atoms with Crippen molar-refractivity contribution in [2.45, 2.75) is 6.54 Å². The normalized spacial score (nSPS) is 13.3. The minimum absolute atomic E-state index is 0.377. The summed E-state index contributed by atoms with van der Waals surface area (Å²) in [6.07, 6.45) is 3.11. The lowest BCUT2D eigenvalue weighted by Crippen LogP contribution is -2.05. The molecular formula is C25H19Cl2N5O. The van der Waals surface area contributed by atoms with Gasteiger partial charge in [0.2, 0.25) is 0 Å². The second-order valence-corrected chi connectivity index (χ2v) is 8.22. The lowest BCUT2D eigenvalue weighted by Gasteiger charge is -2.09. The summed E-state index contributed by atoms with van der Waals surface area (Å²) < 4.78 is 8.02. The monoisotopic (exact) mass is 475 g/mol. The van der Waals surface area contributed by atoms with Crippen LogP contribution in [0.25, 0.3) is 22.5 Å². The SMILES string of the molecule is NC=NC(=Nc1ccccc1Cl)c1cn2c(n1)-c1cc(-c3ccc(Cl)cc3)ccc1OCC2. The van der Waals surface area contributed by atoms with Gasteiger partial charge in [-0.15, -0.1) is 0 Å². The fourth-order valence-corrected chi connectivity index (χ4v) is 4.00. The Balaban J connectivity index is 1.61. The third-order valence-electron chi connectivity index (χ3n) is 5.27. The van der Waals surface area contributed by atoms with Crippen molar-refractivity contribution in [2.75, 3.05) is 6.61 Å². The lowest BCUT2D eigenvalue weighted by molar-refractivity contribution is 0.306. The van der Waals surface area contributed by atoms with Crippen molar-refractivity contribution in [1.29, 1.82) is 0 Å². The van der Waals surface area contributed by atoms with Crippen LogP contribution in [0, 0.1) is 0 Å². The quantitative estimate of drug-likeness (QED) is 0.292. The summed E-state index contributed by atoms with van der Waals surface area (Å²) in [7, 11) is 0. The topological polar surface area (TPSA) is 77.8 Å². The van der Waals surface area contributed by atoms with E-state index in [0.717, 1.165) is 28.3 Å².